The molecule has 2 aliphatic heterocycles. The van der Waals surface area contributed by atoms with E-state index in [4.69, 9.17) is 0 Å². The Kier molecular flexibility index (Phi) is 14.8. The van der Waals surface area contributed by atoms with Crippen LogP contribution < -0.4 is 10.6 Å². The highest BCUT2D eigenvalue weighted by molar-refractivity contribution is 6.19. The van der Waals surface area contributed by atoms with Gasteiger partial charge in [-0.05, 0) is 149 Å². The third-order valence-corrected chi connectivity index (χ3v) is 15.3. The van der Waals surface area contributed by atoms with Crippen LogP contribution in [0, 0.1) is 71.6 Å². The Morgan fingerprint density at radius 3 is 1.29 bits per heavy atom. The number of aromatic hydroxyl groups is 2. The monoisotopic (exact) mass is 1000 g/mol. The lowest BCUT2D eigenvalue weighted by atomic mass is 9.47. The second kappa shape index (κ2) is 20.5. The first-order valence-corrected chi connectivity index (χ1v) is 23.8. The number of ketones is 3. The molecule has 2 unspecified atom stereocenters. The maximum Gasteiger partial charge on any atom is 0.193 e. The number of carbonyl (C=O) groups is 3. The molecule has 380 valence electrons. The van der Waals surface area contributed by atoms with Crippen molar-refractivity contribution in [1.82, 2.24) is 10.6 Å². The van der Waals surface area contributed by atoms with Crippen LogP contribution in [0.1, 0.15) is 81.5 Å². The molecule has 2 aliphatic carbocycles. The predicted octanol–water partition coefficient (Wildman–Crippen LogP) is 9.29. The predicted molar refractivity (Wildman–Crippen MR) is 254 cm³/mol. The zero-order valence-corrected chi connectivity index (χ0v) is 39.4. The fourth-order valence-corrected chi connectivity index (χ4v) is 12.1. The van der Waals surface area contributed by atoms with E-state index in [1.54, 1.807) is 0 Å². The third-order valence-electron chi connectivity index (χ3n) is 15.3. The molecule has 11 nitrogen and oxygen atoms in total. The summed E-state index contributed by atoms with van der Waals surface area (Å²) >= 11 is 0. The fraction of sp³-hybridized carbons (Fsp3) is 0.364. The molecule has 4 aromatic carbocycles. The standard InChI is InChI=1S/C55H54F6N2O9/c1-27-31(11-3-15-35(27)56)39-41(47(68)33-13-5-17-37(66)45(33)58)43(29-9-7-21-62-25-29)54(19-23-64,51(60)49(39)70)53(72)55(20-24-65)44(30-10-8-22-63-26-30)42(48(69)34-14-6-18-38(67)46(34)59)40(50(71)52(55)61)32-12-4-16-36(57)28(32)2/h3-6,11-18,29-30,43-44,62-67,70-71H,7-10,19-26H2,1-2H3/t29?,30?,43-,44-,54+,55+/m0/s1. The quantitative estimate of drug-likeness (QED) is 0.0443. The molecular formula is C55H54F6N2O9. The molecule has 72 heavy (non-hydrogen) atoms. The van der Waals surface area contributed by atoms with E-state index >= 15 is 40.7 Å². The van der Waals surface area contributed by atoms with Crippen molar-refractivity contribution in [3.05, 3.63) is 164 Å². The summed E-state index contributed by atoms with van der Waals surface area (Å²) in [6, 6.07) is 13.1. The lowest BCUT2D eigenvalue weighted by Crippen LogP contribution is -2.60. The highest BCUT2D eigenvalue weighted by Crippen LogP contribution is 2.65. The number of allylic oxidation sites excluding steroid dienone is 6. The molecule has 8 N–H and O–H groups in total. The van der Waals surface area contributed by atoms with Crippen LogP contribution in [-0.4, -0.2) is 87.4 Å². The number of phenolic OH excluding ortho intramolecular Hbond substituents is 2. The number of nitrogens with one attached hydrogen (secondary N) is 2. The van der Waals surface area contributed by atoms with E-state index in [1.165, 1.54) is 38.1 Å². The van der Waals surface area contributed by atoms with Crippen molar-refractivity contribution in [1.29, 1.82) is 0 Å². The van der Waals surface area contributed by atoms with E-state index in [9.17, 15) is 30.6 Å². The van der Waals surface area contributed by atoms with Gasteiger partial charge >= 0.3 is 0 Å². The zero-order valence-electron chi connectivity index (χ0n) is 39.4. The SMILES string of the molecule is Cc1c(F)cccc1C1=C(C(=O)c2cccc(O)c2F)[C@H](C2CCCNC2)[C@@](CCO)(C(=O)[C@@]2(CCO)C(F)=C(O)C(c3cccc(F)c3C)=C(C(=O)c3cccc(O)c3F)[C@@H]2C2CCCNC2)C(F)=C1O. The van der Waals surface area contributed by atoms with Gasteiger partial charge in [0.25, 0.3) is 0 Å². The lowest BCUT2D eigenvalue weighted by molar-refractivity contribution is -0.148. The van der Waals surface area contributed by atoms with E-state index < -0.39 is 169 Å². The Bertz CT molecular complexity index is 2800. The van der Waals surface area contributed by atoms with Crippen molar-refractivity contribution in [2.45, 2.75) is 52.4 Å². The molecular weight excluding hydrogens is 947 g/mol. The van der Waals surface area contributed by atoms with E-state index in [0.717, 1.165) is 48.5 Å². The van der Waals surface area contributed by atoms with E-state index in [0.29, 0.717) is 25.9 Å². The molecule has 2 heterocycles. The van der Waals surface area contributed by atoms with Crippen molar-refractivity contribution in [2.75, 3.05) is 39.4 Å². The number of piperidine rings is 2. The number of carbonyl (C=O) groups excluding carboxylic acids is 3. The van der Waals surface area contributed by atoms with Gasteiger partial charge in [0.15, 0.2) is 63.7 Å². The van der Waals surface area contributed by atoms with Crippen molar-refractivity contribution in [3.8, 4) is 11.5 Å². The van der Waals surface area contributed by atoms with Crippen LogP contribution in [0.25, 0.3) is 11.1 Å². The molecule has 4 aromatic rings. The average molecular weight is 1000 g/mol. The lowest BCUT2D eigenvalue weighted by Gasteiger charge is -2.54. The Hall–Kier alpha value is -6.53. The molecule has 4 aliphatic rings. The minimum Gasteiger partial charge on any atom is -0.505 e. The van der Waals surface area contributed by atoms with Crippen LogP contribution in [0.5, 0.6) is 11.5 Å². The number of Topliss-reactive ketones (excluding diaryl/α,β-unsaturated/α-hetero) is 3. The van der Waals surface area contributed by atoms with Crippen molar-refractivity contribution in [3.63, 3.8) is 0 Å². The zero-order chi connectivity index (χ0) is 52.0. The second-order valence-corrected chi connectivity index (χ2v) is 19.1. The molecule has 0 radical (unpaired) electrons. The summed E-state index contributed by atoms with van der Waals surface area (Å²) in [4.78, 5) is 48.2. The topological polar surface area (TPSA) is 197 Å². The van der Waals surface area contributed by atoms with Gasteiger partial charge in [-0.15, -0.1) is 0 Å². The van der Waals surface area contributed by atoms with Gasteiger partial charge in [-0.25, -0.2) is 26.3 Å². The van der Waals surface area contributed by atoms with Gasteiger partial charge in [0, 0.05) is 47.3 Å². The van der Waals surface area contributed by atoms with Gasteiger partial charge < -0.3 is 41.3 Å². The van der Waals surface area contributed by atoms with Crippen LogP contribution >= 0.6 is 0 Å². The summed E-state index contributed by atoms with van der Waals surface area (Å²) in [6.45, 7) is 0.765. The summed E-state index contributed by atoms with van der Waals surface area (Å²) in [5, 5.41) is 75.0. The highest BCUT2D eigenvalue weighted by Gasteiger charge is 2.68. The van der Waals surface area contributed by atoms with Crippen LogP contribution in [-0.2, 0) is 4.79 Å². The van der Waals surface area contributed by atoms with Gasteiger partial charge in [-0.3, -0.25) is 14.4 Å². The molecule has 0 amide bonds. The Morgan fingerprint density at radius 1 is 0.569 bits per heavy atom. The first-order valence-electron chi connectivity index (χ1n) is 23.8. The molecule has 6 atom stereocenters. The Balaban J connectivity index is 1.54. The van der Waals surface area contributed by atoms with E-state index in [2.05, 4.69) is 10.6 Å². The largest absolute Gasteiger partial charge is 0.505 e. The molecule has 0 bridgehead atoms. The summed E-state index contributed by atoms with van der Waals surface area (Å²) < 4.78 is 102. The summed E-state index contributed by atoms with van der Waals surface area (Å²) in [5.74, 6) is -23.5. The number of phenols is 2. The third kappa shape index (κ3) is 8.23. The number of aliphatic hydroxyl groups is 4. The van der Waals surface area contributed by atoms with E-state index in [-0.39, 0.29) is 48.2 Å². The maximum absolute atomic E-state index is 19.0. The number of hydrogen-bond acceptors (Lipinski definition) is 11. The first kappa shape index (κ1) is 51.8. The normalized spacial score (nSPS) is 25.0. The Morgan fingerprint density at radius 2 is 0.944 bits per heavy atom. The molecule has 17 heteroatoms. The van der Waals surface area contributed by atoms with Gasteiger partial charge in [-0.2, -0.15) is 0 Å². The number of hydrogen-bond donors (Lipinski definition) is 8. The Labute approximate surface area is 410 Å². The van der Waals surface area contributed by atoms with Crippen LogP contribution in [0.3, 0.4) is 0 Å². The minimum absolute atomic E-state index is 0.0663. The highest BCUT2D eigenvalue weighted by atomic mass is 19.1. The van der Waals surface area contributed by atoms with E-state index in [1.807, 2.05) is 0 Å². The van der Waals surface area contributed by atoms with Crippen LogP contribution in [0.2, 0.25) is 0 Å². The minimum atomic E-state index is -3.16. The second-order valence-electron chi connectivity index (χ2n) is 19.1. The molecule has 0 saturated carbocycles. The van der Waals surface area contributed by atoms with Crippen molar-refractivity contribution in [2.24, 2.45) is 34.5 Å². The smallest absolute Gasteiger partial charge is 0.193 e. The van der Waals surface area contributed by atoms with Crippen molar-refractivity contribution >= 4 is 28.5 Å². The first-order chi connectivity index (χ1) is 34.4. The van der Waals surface area contributed by atoms with Crippen LogP contribution in [0.4, 0.5) is 26.3 Å². The number of aliphatic hydroxyl groups excluding tert-OH is 4. The molecule has 2 fully saturated rings. The molecule has 0 spiro atoms. The van der Waals surface area contributed by atoms with Crippen LogP contribution in [0.15, 0.2) is 107 Å². The summed E-state index contributed by atoms with van der Waals surface area (Å²) in [6.07, 6.45) is -1.40. The molecule has 0 aromatic heterocycles. The number of rotatable bonds is 14. The summed E-state index contributed by atoms with van der Waals surface area (Å²) in [7, 11) is 0. The summed E-state index contributed by atoms with van der Waals surface area (Å²) in [5.41, 5.74) is -11.7. The fourth-order valence-electron chi connectivity index (χ4n) is 12.1. The van der Waals surface area contributed by atoms with Gasteiger partial charge in [0.2, 0.25) is 0 Å². The number of halogens is 6. The number of benzene rings is 4. The maximum atomic E-state index is 19.0. The molecule has 2 saturated heterocycles. The van der Waals surface area contributed by atoms with Gasteiger partial charge in [0.1, 0.15) is 11.6 Å². The molecule has 8 rings (SSSR count). The van der Waals surface area contributed by atoms with Gasteiger partial charge in [0.05, 0.1) is 22.0 Å². The average Bonchev–Trinajstić information content (AvgIpc) is 3.37. The van der Waals surface area contributed by atoms with Gasteiger partial charge in [-0.1, -0.05) is 36.4 Å². The van der Waals surface area contributed by atoms with Crippen molar-refractivity contribution < 1.29 is 71.4 Å².